The van der Waals surface area contributed by atoms with Crippen LogP contribution in [-0.4, -0.2) is 46.6 Å². The standard InChI is InChI=1S/C11H21NO2S/c1-2-15-8-7-12-6-4-3-5-10(12)9-11(13)14/h10H,2-9H2,1H3,(H,13,14). The molecule has 1 unspecified atom stereocenters. The van der Waals surface area contributed by atoms with Gasteiger partial charge in [-0.2, -0.15) is 11.8 Å². The van der Waals surface area contributed by atoms with E-state index in [9.17, 15) is 4.79 Å². The molecule has 1 aliphatic heterocycles. The van der Waals surface area contributed by atoms with Gasteiger partial charge in [0.1, 0.15) is 0 Å². The Bertz CT molecular complexity index is 199. The summed E-state index contributed by atoms with van der Waals surface area (Å²) in [5.74, 6) is 1.62. The maximum Gasteiger partial charge on any atom is 0.304 e. The van der Waals surface area contributed by atoms with Gasteiger partial charge in [-0.3, -0.25) is 9.69 Å². The molecule has 0 aromatic heterocycles. The van der Waals surface area contributed by atoms with Crippen molar-refractivity contribution in [2.75, 3.05) is 24.6 Å². The molecule has 4 heteroatoms. The average molecular weight is 231 g/mol. The van der Waals surface area contributed by atoms with Crippen LogP contribution in [0.25, 0.3) is 0 Å². The van der Waals surface area contributed by atoms with Crippen LogP contribution in [0.15, 0.2) is 0 Å². The number of piperidine rings is 1. The third kappa shape index (κ3) is 4.89. The van der Waals surface area contributed by atoms with Gasteiger partial charge in [-0.15, -0.1) is 0 Å². The third-order valence-electron chi connectivity index (χ3n) is 2.89. The van der Waals surface area contributed by atoms with Gasteiger partial charge in [0.05, 0.1) is 6.42 Å². The molecule has 1 fully saturated rings. The van der Waals surface area contributed by atoms with Gasteiger partial charge in [-0.1, -0.05) is 13.3 Å². The Morgan fingerprint density at radius 3 is 3.00 bits per heavy atom. The minimum absolute atomic E-state index is 0.286. The van der Waals surface area contributed by atoms with E-state index in [0.717, 1.165) is 31.0 Å². The van der Waals surface area contributed by atoms with Gasteiger partial charge in [-0.05, 0) is 25.1 Å². The summed E-state index contributed by atoms with van der Waals surface area (Å²) in [5.41, 5.74) is 0. The van der Waals surface area contributed by atoms with Gasteiger partial charge in [0.15, 0.2) is 0 Å². The molecule has 1 atom stereocenters. The SMILES string of the molecule is CCSCCN1CCCCC1CC(=O)O. The minimum atomic E-state index is -0.657. The zero-order chi connectivity index (χ0) is 11.1. The number of likely N-dealkylation sites (tertiary alicyclic amines) is 1. The molecule has 3 nitrogen and oxygen atoms in total. The van der Waals surface area contributed by atoms with Crippen molar-refractivity contribution in [3.05, 3.63) is 0 Å². The molecule has 88 valence electrons. The number of carboxylic acids is 1. The van der Waals surface area contributed by atoms with Crippen LogP contribution in [-0.2, 0) is 4.79 Å². The predicted molar refractivity (Wildman–Crippen MR) is 64.5 cm³/mol. The Kier molecular flexibility index (Phi) is 6.10. The number of carboxylic acid groups (broad SMARTS) is 1. The van der Waals surface area contributed by atoms with Crippen molar-refractivity contribution in [3.63, 3.8) is 0 Å². The fourth-order valence-corrected chi connectivity index (χ4v) is 2.77. The summed E-state index contributed by atoms with van der Waals surface area (Å²) >= 11 is 1.93. The number of hydrogen-bond acceptors (Lipinski definition) is 3. The van der Waals surface area contributed by atoms with Crippen LogP contribution in [0.3, 0.4) is 0 Å². The van der Waals surface area contributed by atoms with Crippen LogP contribution >= 0.6 is 11.8 Å². The number of aliphatic carboxylic acids is 1. The van der Waals surface area contributed by atoms with Crippen molar-refractivity contribution in [1.82, 2.24) is 4.90 Å². The summed E-state index contributed by atoms with van der Waals surface area (Å²) in [6.45, 7) is 4.30. The van der Waals surface area contributed by atoms with Crippen LogP contribution in [0.2, 0.25) is 0 Å². The third-order valence-corrected chi connectivity index (χ3v) is 3.77. The molecule has 15 heavy (non-hydrogen) atoms. The monoisotopic (exact) mass is 231 g/mol. The Morgan fingerprint density at radius 1 is 1.53 bits per heavy atom. The van der Waals surface area contributed by atoms with E-state index in [1.807, 2.05) is 11.8 Å². The normalized spacial score (nSPS) is 22.9. The summed E-state index contributed by atoms with van der Waals surface area (Å²) in [6, 6.07) is 0.286. The first-order valence-electron chi connectivity index (χ1n) is 5.77. The molecule has 1 heterocycles. The summed E-state index contributed by atoms with van der Waals surface area (Å²) in [7, 11) is 0. The van der Waals surface area contributed by atoms with Crippen LogP contribution in [0.1, 0.15) is 32.6 Å². The van der Waals surface area contributed by atoms with Gasteiger partial charge < -0.3 is 5.11 Å². The van der Waals surface area contributed by atoms with Gasteiger partial charge in [0.2, 0.25) is 0 Å². The lowest BCUT2D eigenvalue weighted by molar-refractivity contribution is -0.138. The molecule has 0 spiro atoms. The summed E-state index contributed by atoms with van der Waals surface area (Å²) < 4.78 is 0. The maximum atomic E-state index is 10.7. The first-order valence-corrected chi connectivity index (χ1v) is 6.93. The van der Waals surface area contributed by atoms with E-state index in [-0.39, 0.29) is 6.04 Å². The highest BCUT2D eigenvalue weighted by Gasteiger charge is 2.23. The highest BCUT2D eigenvalue weighted by Crippen LogP contribution is 2.19. The second-order valence-corrected chi connectivity index (χ2v) is 5.37. The van der Waals surface area contributed by atoms with Gasteiger partial charge in [-0.25, -0.2) is 0 Å². The predicted octanol–water partition coefficient (Wildman–Crippen LogP) is 2.07. The van der Waals surface area contributed by atoms with E-state index in [2.05, 4.69) is 11.8 Å². The number of rotatable bonds is 6. The van der Waals surface area contributed by atoms with Gasteiger partial charge in [0.25, 0.3) is 0 Å². The first-order chi connectivity index (χ1) is 7.24. The molecule has 1 N–H and O–H groups in total. The van der Waals surface area contributed by atoms with E-state index in [1.54, 1.807) is 0 Å². The van der Waals surface area contributed by atoms with E-state index in [4.69, 9.17) is 5.11 Å². The second-order valence-electron chi connectivity index (χ2n) is 3.98. The molecule has 1 aliphatic rings. The molecular formula is C11H21NO2S. The molecular weight excluding hydrogens is 210 g/mol. The Labute approximate surface area is 96.2 Å². The smallest absolute Gasteiger partial charge is 0.304 e. The molecule has 0 aromatic rings. The van der Waals surface area contributed by atoms with Gasteiger partial charge >= 0.3 is 5.97 Å². The zero-order valence-electron chi connectivity index (χ0n) is 9.45. The number of hydrogen-bond donors (Lipinski definition) is 1. The lowest BCUT2D eigenvalue weighted by atomic mass is 9.99. The summed E-state index contributed by atoms with van der Waals surface area (Å²) in [5, 5.41) is 8.82. The van der Waals surface area contributed by atoms with Gasteiger partial charge in [0, 0.05) is 18.3 Å². The molecule has 0 bridgehead atoms. The van der Waals surface area contributed by atoms with E-state index >= 15 is 0 Å². The fourth-order valence-electron chi connectivity index (χ4n) is 2.11. The topological polar surface area (TPSA) is 40.5 Å². The average Bonchev–Trinajstić information content (AvgIpc) is 2.20. The molecule has 0 amide bonds. The Balaban J connectivity index is 2.32. The van der Waals surface area contributed by atoms with E-state index in [1.165, 1.54) is 12.8 Å². The summed E-state index contributed by atoms with van der Waals surface area (Å²) in [4.78, 5) is 13.1. The van der Waals surface area contributed by atoms with Crippen LogP contribution in [0, 0.1) is 0 Å². The largest absolute Gasteiger partial charge is 0.481 e. The van der Waals surface area contributed by atoms with Crippen molar-refractivity contribution in [1.29, 1.82) is 0 Å². The lowest BCUT2D eigenvalue weighted by Crippen LogP contribution is -2.42. The molecule has 1 rings (SSSR count). The van der Waals surface area contributed by atoms with Crippen molar-refractivity contribution in [3.8, 4) is 0 Å². The first kappa shape index (κ1) is 12.8. The molecule has 0 radical (unpaired) electrons. The Hall–Kier alpha value is -0.220. The van der Waals surface area contributed by atoms with Crippen molar-refractivity contribution >= 4 is 17.7 Å². The number of thioether (sulfide) groups is 1. The van der Waals surface area contributed by atoms with Crippen LogP contribution in [0.4, 0.5) is 0 Å². The molecule has 0 saturated carbocycles. The van der Waals surface area contributed by atoms with E-state index in [0.29, 0.717) is 6.42 Å². The highest BCUT2D eigenvalue weighted by atomic mass is 32.2. The molecule has 1 saturated heterocycles. The minimum Gasteiger partial charge on any atom is -0.481 e. The van der Waals surface area contributed by atoms with Crippen LogP contribution in [0.5, 0.6) is 0 Å². The number of carbonyl (C=O) groups is 1. The quantitative estimate of drug-likeness (QED) is 0.710. The zero-order valence-corrected chi connectivity index (χ0v) is 10.3. The molecule has 0 aliphatic carbocycles. The van der Waals surface area contributed by atoms with Crippen molar-refractivity contribution in [2.24, 2.45) is 0 Å². The van der Waals surface area contributed by atoms with Crippen molar-refractivity contribution in [2.45, 2.75) is 38.6 Å². The lowest BCUT2D eigenvalue weighted by Gasteiger charge is -2.34. The Morgan fingerprint density at radius 2 is 2.33 bits per heavy atom. The van der Waals surface area contributed by atoms with E-state index < -0.39 is 5.97 Å². The fraction of sp³-hybridized carbons (Fsp3) is 0.909. The molecule has 0 aromatic carbocycles. The van der Waals surface area contributed by atoms with Crippen LogP contribution < -0.4 is 0 Å². The highest BCUT2D eigenvalue weighted by molar-refractivity contribution is 7.99. The number of nitrogens with zero attached hydrogens (tertiary/aromatic N) is 1. The second kappa shape index (κ2) is 7.12. The maximum absolute atomic E-state index is 10.7. The van der Waals surface area contributed by atoms with Crippen molar-refractivity contribution < 1.29 is 9.90 Å². The summed E-state index contributed by atoms with van der Waals surface area (Å²) in [6.07, 6.45) is 3.79.